The van der Waals surface area contributed by atoms with Crippen LogP contribution in [0, 0.1) is 27.7 Å². The first-order valence-corrected chi connectivity index (χ1v) is 16.6. The Balaban J connectivity index is 1.68. The third kappa shape index (κ3) is 9.08. The summed E-state index contributed by atoms with van der Waals surface area (Å²) < 4.78 is 16.7. The molecule has 2 N–H and O–H groups in total. The molecule has 9 heteroatoms. The average molecular weight is 658 g/mol. The van der Waals surface area contributed by atoms with E-state index in [0.29, 0.717) is 37.3 Å². The van der Waals surface area contributed by atoms with E-state index in [1.807, 2.05) is 99.6 Å². The number of rotatable bonds is 6. The van der Waals surface area contributed by atoms with Gasteiger partial charge in [-0.25, -0.2) is 14.4 Å². The van der Waals surface area contributed by atoms with Gasteiger partial charge in [0.2, 0.25) is 0 Å². The smallest absolute Gasteiger partial charge is 0.412 e. The second kappa shape index (κ2) is 14.3. The SMILES string of the molecule is Cc1cc(C2(c3cc(C)c(NC(=O)OC(C)(C)C)c(C)c3)CCN(C(=O)OCc3ccccc3)CC2)cc(C)c1NC(=O)OC(C)(C)C. The van der Waals surface area contributed by atoms with Crippen LogP contribution in [-0.4, -0.2) is 47.5 Å². The average Bonchev–Trinajstić information content (AvgIpc) is 2.98. The van der Waals surface area contributed by atoms with Gasteiger partial charge in [-0.2, -0.15) is 0 Å². The summed E-state index contributed by atoms with van der Waals surface area (Å²) in [5.41, 5.74) is 6.53. The van der Waals surface area contributed by atoms with E-state index in [0.717, 1.165) is 38.9 Å². The van der Waals surface area contributed by atoms with Crippen LogP contribution >= 0.6 is 0 Å². The lowest BCUT2D eigenvalue weighted by Crippen LogP contribution is -2.46. The molecule has 0 aliphatic carbocycles. The number of nitrogens with one attached hydrogen (secondary N) is 2. The number of piperidine rings is 1. The maximum atomic E-state index is 13.2. The van der Waals surface area contributed by atoms with Crippen molar-refractivity contribution >= 4 is 29.7 Å². The number of carbonyl (C=O) groups is 3. The highest BCUT2D eigenvalue weighted by atomic mass is 16.6. The molecule has 0 aromatic heterocycles. The summed E-state index contributed by atoms with van der Waals surface area (Å²) in [4.78, 5) is 40.3. The third-order valence-corrected chi connectivity index (χ3v) is 8.50. The van der Waals surface area contributed by atoms with Crippen molar-refractivity contribution in [1.82, 2.24) is 4.90 Å². The molecule has 4 rings (SSSR count). The molecule has 3 amide bonds. The first-order chi connectivity index (χ1) is 22.4. The van der Waals surface area contributed by atoms with Crippen molar-refractivity contribution in [2.24, 2.45) is 0 Å². The van der Waals surface area contributed by atoms with Crippen molar-refractivity contribution in [3.05, 3.63) is 93.5 Å². The van der Waals surface area contributed by atoms with E-state index >= 15 is 0 Å². The zero-order valence-corrected chi connectivity index (χ0v) is 30.1. The molecule has 1 heterocycles. The number of nitrogens with zero attached hydrogens (tertiary/aromatic N) is 1. The number of anilines is 2. The van der Waals surface area contributed by atoms with Crippen LogP contribution < -0.4 is 10.6 Å². The Hall–Kier alpha value is -4.53. The van der Waals surface area contributed by atoms with Gasteiger partial charge >= 0.3 is 18.3 Å². The number of likely N-dealkylation sites (tertiary alicyclic amines) is 1. The minimum absolute atomic E-state index is 0.219. The summed E-state index contributed by atoms with van der Waals surface area (Å²) in [5, 5.41) is 5.89. The van der Waals surface area contributed by atoms with E-state index in [4.69, 9.17) is 14.2 Å². The van der Waals surface area contributed by atoms with Crippen LogP contribution in [0.3, 0.4) is 0 Å². The Morgan fingerprint density at radius 2 is 1.08 bits per heavy atom. The summed E-state index contributed by atoms with van der Waals surface area (Å²) in [5.74, 6) is 0. The van der Waals surface area contributed by atoms with Gasteiger partial charge in [-0.1, -0.05) is 54.6 Å². The standard InChI is InChI=1S/C39H51N3O6/c1-25-20-30(21-26(2)32(25)40-34(43)47-37(5,6)7)39(16-18-42(19-17-39)36(45)46-24-29-14-12-11-13-15-29)31-22-27(3)33(28(4)23-31)41-35(44)48-38(8,9)10/h11-15,20-23H,16-19,24H2,1-10H3,(H,40,43)(H,41,44). The molecule has 258 valence electrons. The Labute approximate surface area is 285 Å². The van der Waals surface area contributed by atoms with E-state index in [2.05, 4.69) is 34.9 Å². The van der Waals surface area contributed by atoms with Gasteiger partial charge in [-0.05, 0) is 121 Å². The zero-order chi connectivity index (χ0) is 35.4. The maximum absolute atomic E-state index is 13.2. The summed E-state index contributed by atoms with van der Waals surface area (Å²) in [6, 6.07) is 18.2. The van der Waals surface area contributed by atoms with Crippen LogP contribution in [0.1, 0.15) is 93.3 Å². The highest BCUT2D eigenvalue weighted by Gasteiger charge is 2.40. The normalized spacial score (nSPS) is 14.6. The summed E-state index contributed by atoms with van der Waals surface area (Å²) in [7, 11) is 0. The Bertz CT molecular complexity index is 1510. The molecule has 3 aromatic carbocycles. The van der Waals surface area contributed by atoms with Gasteiger partial charge in [0.1, 0.15) is 17.8 Å². The molecule has 0 spiro atoms. The fraction of sp³-hybridized carbons (Fsp3) is 0.462. The maximum Gasteiger partial charge on any atom is 0.412 e. The quantitative estimate of drug-likeness (QED) is 0.256. The van der Waals surface area contributed by atoms with Crippen LogP contribution in [0.2, 0.25) is 0 Å². The largest absolute Gasteiger partial charge is 0.445 e. The van der Waals surface area contributed by atoms with E-state index in [-0.39, 0.29) is 12.7 Å². The van der Waals surface area contributed by atoms with Crippen LogP contribution in [-0.2, 0) is 26.2 Å². The molecular formula is C39H51N3O6. The van der Waals surface area contributed by atoms with Crippen LogP contribution in [0.25, 0.3) is 0 Å². The first kappa shape index (κ1) is 36.3. The van der Waals surface area contributed by atoms with Gasteiger partial charge in [0, 0.05) is 29.9 Å². The van der Waals surface area contributed by atoms with Crippen molar-refractivity contribution < 1.29 is 28.6 Å². The van der Waals surface area contributed by atoms with Gasteiger partial charge in [-0.3, -0.25) is 10.6 Å². The van der Waals surface area contributed by atoms with Crippen LogP contribution in [0.15, 0.2) is 54.6 Å². The van der Waals surface area contributed by atoms with E-state index < -0.39 is 28.8 Å². The lowest BCUT2D eigenvalue weighted by Gasteiger charge is -2.43. The zero-order valence-electron chi connectivity index (χ0n) is 30.1. The number of benzene rings is 3. The van der Waals surface area contributed by atoms with Crippen molar-refractivity contribution in [3.63, 3.8) is 0 Å². The van der Waals surface area contributed by atoms with Gasteiger partial charge < -0.3 is 19.1 Å². The fourth-order valence-corrected chi connectivity index (χ4v) is 6.31. The predicted octanol–water partition coefficient (Wildman–Crippen LogP) is 9.33. The molecule has 9 nitrogen and oxygen atoms in total. The van der Waals surface area contributed by atoms with Gasteiger partial charge in [-0.15, -0.1) is 0 Å². The fourth-order valence-electron chi connectivity index (χ4n) is 6.31. The molecule has 3 aromatic rings. The minimum atomic E-state index is -0.619. The summed E-state index contributed by atoms with van der Waals surface area (Å²) in [6.07, 6.45) is -0.0252. The van der Waals surface area contributed by atoms with E-state index in [1.54, 1.807) is 4.90 Å². The Morgan fingerprint density at radius 1 is 0.688 bits per heavy atom. The van der Waals surface area contributed by atoms with Crippen LogP contribution in [0.4, 0.5) is 25.8 Å². The highest BCUT2D eigenvalue weighted by molar-refractivity contribution is 5.88. The monoisotopic (exact) mass is 657 g/mol. The highest BCUT2D eigenvalue weighted by Crippen LogP contribution is 2.45. The number of hydrogen-bond donors (Lipinski definition) is 2. The Morgan fingerprint density at radius 3 is 1.46 bits per heavy atom. The molecule has 1 fully saturated rings. The van der Waals surface area contributed by atoms with Gasteiger partial charge in [0.15, 0.2) is 0 Å². The minimum Gasteiger partial charge on any atom is -0.445 e. The van der Waals surface area contributed by atoms with Gasteiger partial charge in [0.05, 0.1) is 0 Å². The molecule has 0 bridgehead atoms. The molecule has 0 saturated carbocycles. The Kier molecular flexibility index (Phi) is 10.8. The molecule has 0 radical (unpaired) electrons. The number of ether oxygens (including phenoxy) is 3. The van der Waals surface area contributed by atoms with Gasteiger partial charge in [0.25, 0.3) is 0 Å². The third-order valence-electron chi connectivity index (χ3n) is 8.50. The van der Waals surface area contributed by atoms with E-state index in [9.17, 15) is 14.4 Å². The van der Waals surface area contributed by atoms with E-state index in [1.165, 1.54) is 0 Å². The predicted molar refractivity (Wildman–Crippen MR) is 190 cm³/mol. The molecule has 0 atom stereocenters. The van der Waals surface area contributed by atoms with Crippen molar-refractivity contribution in [2.45, 2.75) is 105 Å². The van der Waals surface area contributed by atoms with Crippen molar-refractivity contribution in [1.29, 1.82) is 0 Å². The first-order valence-electron chi connectivity index (χ1n) is 16.6. The van der Waals surface area contributed by atoms with Crippen LogP contribution in [0.5, 0.6) is 0 Å². The second-order valence-electron chi connectivity index (χ2n) is 14.8. The molecule has 48 heavy (non-hydrogen) atoms. The molecule has 0 unspecified atom stereocenters. The number of hydrogen-bond acceptors (Lipinski definition) is 6. The summed E-state index contributed by atoms with van der Waals surface area (Å²) in [6.45, 7) is 20.2. The topological polar surface area (TPSA) is 106 Å². The molecule has 1 saturated heterocycles. The van der Waals surface area contributed by atoms with Crippen molar-refractivity contribution in [3.8, 4) is 0 Å². The van der Waals surface area contributed by atoms with Crippen molar-refractivity contribution in [2.75, 3.05) is 23.7 Å². The summed E-state index contributed by atoms with van der Waals surface area (Å²) >= 11 is 0. The second-order valence-corrected chi connectivity index (χ2v) is 14.8. The molecular weight excluding hydrogens is 606 g/mol. The molecule has 1 aliphatic heterocycles. The molecule has 1 aliphatic rings. The number of aryl methyl sites for hydroxylation is 4. The number of carbonyl (C=O) groups excluding carboxylic acids is 3. The lowest BCUT2D eigenvalue weighted by molar-refractivity contribution is 0.0624. The lowest BCUT2D eigenvalue weighted by atomic mass is 9.67. The number of amides is 3.